The molecular formula is C12H26N2O3. The maximum absolute atomic E-state index is 11.7. The van der Waals surface area contributed by atoms with Gasteiger partial charge in [0.2, 0.25) is 0 Å². The van der Waals surface area contributed by atoms with E-state index in [4.69, 9.17) is 10.5 Å². The van der Waals surface area contributed by atoms with Crippen LogP contribution in [0.4, 0.5) is 4.79 Å². The van der Waals surface area contributed by atoms with E-state index in [1.54, 1.807) is 27.7 Å². The van der Waals surface area contributed by atoms with Crippen LogP contribution in [0.2, 0.25) is 0 Å². The summed E-state index contributed by atoms with van der Waals surface area (Å²) in [6.07, 6.45) is -0.537. The van der Waals surface area contributed by atoms with Crippen molar-refractivity contribution in [2.75, 3.05) is 6.54 Å². The Bertz CT molecular complexity index is 257. The van der Waals surface area contributed by atoms with E-state index in [1.807, 2.05) is 13.8 Å². The Labute approximate surface area is 104 Å². The summed E-state index contributed by atoms with van der Waals surface area (Å²) >= 11 is 0. The molecule has 1 amide bonds. The average molecular weight is 246 g/mol. The predicted molar refractivity (Wildman–Crippen MR) is 67.7 cm³/mol. The predicted octanol–water partition coefficient (Wildman–Crippen LogP) is 1.25. The topological polar surface area (TPSA) is 84.6 Å². The monoisotopic (exact) mass is 246 g/mol. The Balaban J connectivity index is 4.63. The third kappa shape index (κ3) is 5.89. The number of rotatable bonds is 4. The molecule has 5 nitrogen and oxygen atoms in total. The van der Waals surface area contributed by atoms with Crippen molar-refractivity contribution in [3.63, 3.8) is 0 Å². The molecule has 0 bridgehead atoms. The molecule has 0 aromatic carbocycles. The van der Waals surface area contributed by atoms with Crippen LogP contribution in [0.5, 0.6) is 0 Å². The summed E-state index contributed by atoms with van der Waals surface area (Å²) in [5, 5.41) is 12.8. The zero-order chi connectivity index (χ0) is 13.9. The molecule has 4 N–H and O–H groups in total. The molecule has 0 aromatic rings. The summed E-state index contributed by atoms with van der Waals surface area (Å²) in [5.74, 6) is 0.0565. The maximum Gasteiger partial charge on any atom is 0.407 e. The van der Waals surface area contributed by atoms with E-state index in [2.05, 4.69) is 5.32 Å². The summed E-state index contributed by atoms with van der Waals surface area (Å²) in [6.45, 7) is 10.9. The highest BCUT2D eigenvalue weighted by Gasteiger charge is 2.35. The lowest BCUT2D eigenvalue weighted by Crippen LogP contribution is -2.58. The van der Waals surface area contributed by atoms with Crippen molar-refractivity contribution >= 4 is 6.09 Å². The van der Waals surface area contributed by atoms with Crippen molar-refractivity contribution in [2.24, 2.45) is 11.7 Å². The van der Waals surface area contributed by atoms with Crippen LogP contribution in [0.25, 0.3) is 0 Å². The number of hydrogen-bond acceptors (Lipinski definition) is 4. The van der Waals surface area contributed by atoms with Crippen molar-refractivity contribution in [1.29, 1.82) is 0 Å². The molecule has 0 rings (SSSR count). The molecule has 102 valence electrons. The van der Waals surface area contributed by atoms with Gasteiger partial charge in [0, 0.05) is 6.54 Å². The minimum absolute atomic E-state index is 0.0565. The van der Waals surface area contributed by atoms with Gasteiger partial charge in [0.05, 0.1) is 11.6 Å². The molecule has 2 atom stereocenters. The van der Waals surface area contributed by atoms with Gasteiger partial charge in [-0.3, -0.25) is 0 Å². The third-order valence-corrected chi connectivity index (χ3v) is 2.42. The number of hydrogen-bond donors (Lipinski definition) is 3. The Kier molecular flexibility index (Phi) is 5.42. The van der Waals surface area contributed by atoms with E-state index in [-0.39, 0.29) is 12.5 Å². The van der Waals surface area contributed by atoms with E-state index < -0.39 is 23.3 Å². The number of carbonyl (C=O) groups is 1. The van der Waals surface area contributed by atoms with Gasteiger partial charge in [-0.25, -0.2) is 4.79 Å². The maximum atomic E-state index is 11.7. The van der Waals surface area contributed by atoms with Crippen molar-refractivity contribution in [3.05, 3.63) is 0 Å². The SMILES string of the molecule is CC(C)[C@H](NC(=O)OC(C)(C)C)[C@@](C)(O)CN. The summed E-state index contributed by atoms with van der Waals surface area (Å²) in [4.78, 5) is 11.7. The highest BCUT2D eigenvalue weighted by atomic mass is 16.6. The lowest BCUT2D eigenvalue weighted by Gasteiger charge is -2.35. The molecule has 0 heterocycles. The molecule has 0 aliphatic heterocycles. The number of ether oxygens (including phenoxy) is 1. The largest absolute Gasteiger partial charge is 0.444 e. The second-order valence-electron chi connectivity index (χ2n) is 5.93. The zero-order valence-corrected chi connectivity index (χ0v) is 11.7. The first-order valence-electron chi connectivity index (χ1n) is 5.91. The van der Waals surface area contributed by atoms with Gasteiger partial charge in [0.15, 0.2) is 0 Å². The van der Waals surface area contributed by atoms with E-state index >= 15 is 0 Å². The van der Waals surface area contributed by atoms with Gasteiger partial charge in [0.25, 0.3) is 0 Å². The molecule has 17 heavy (non-hydrogen) atoms. The highest BCUT2D eigenvalue weighted by molar-refractivity contribution is 5.68. The van der Waals surface area contributed by atoms with Crippen LogP contribution in [-0.4, -0.2) is 35.0 Å². The zero-order valence-electron chi connectivity index (χ0n) is 11.7. The first kappa shape index (κ1) is 16.2. The van der Waals surface area contributed by atoms with E-state index in [9.17, 15) is 9.90 Å². The van der Waals surface area contributed by atoms with Crippen molar-refractivity contribution < 1.29 is 14.6 Å². The molecular weight excluding hydrogens is 220 g/mol. The smallest absolute Gasteiger partial charge is 0.407 e. The van der Waals surface area contributed by atoms with E-state index in [0.717, 1.165) is 0 Å². The van der Waals surface area contributed by atoms with Crippen molar-refractivity contribution in [2.45, 2.75) is 58.8 Å². The molecule has 0 aromatic heterocycles. The fraction of sp³-hybridized carbons (Fsp3) is 0.917. The van der Waals surface area contributed by atoms with Crippen LogP contribution in [0.3, 0.4) is 0 Å². The number of aliphatic hydroxyl groups is 1. The minimum atomic E-state index is -1.15. The van der Waals surface area contributed by atoms with Crippen LogP contribution < -0.4 is 11.1 Å². The van der Waals surface area contributed by atoms with Gasteiger partial charge in [0.1, 0.15) is 5.60 Å². The molecule has 0 aliphatic rings. The molecule has 0 aliphatic carbocycles. The van der Waals surface area contributed by atoms with Crippen molar-refractivity contribution in [3.8, 4) is 0 Å². The molecule has 5 heteroatoms. The quantitative estimate of drug-likeness (QED) is 0.697. The minimum Gasteiger partial charge on any atom is -0.444 e. The lowest BCUT2D eigenvalue weighted by molar-refractivity contribution is -0.00137. The van der Waals surface area contributed by atoms with Crippen LogP contribution in [0.15, 0.2) is 0 Å². The van der Waals surface area contributed by atoms with Gasteiger partial charge in [-0.05, 0) is 33.6 Å². The average Bonchev–Trinajstić information content (AvgIpc) is 2.10. The molecule has 0 unspecified atom stereocenters. The molecule has 0 saturated carbocycles. The first-order chi connectivity index (χ1) is 7.49. The fourth-order valence-corrected chi connectivity index (χ4v) is 1.60. The Morgan fingerprint density at radius 2 is 1.82 bits per heavy atom. The number of nitrogens with one attached hydrogen (secondary N) is 1. The first-order valence-corrected chi connectivity index (χ1v) is 5.91. The second-order valence-corrected chi connectivity index (χ2v) is 5.93. The Morgan fingerprint density at radius 1 is 1.35 bits per heavy atom. The van der Waals surface area contributed by atoms with Gasteiger partial charge in [-0.2, -0.15) is 0 Å². The number of carbonyl (C=O) groups excluding carboxylic acids is 1. The van der Waals surface area contributed by atoms with E-state index in [0.29, 0.717) is 0 Å². The molecule has 0 spiro atoms. The summed E-state index contributed by atoms with van der Waals surface area (Å²) in [5.41, 5.74) is 3.80. The number of alkyl carbamates (subject to hydrolysis) is 1. The summed E-state index contributed by atoms with van der Waals surface area (Å²) in [7, 11) is 0. The third-order valence-electron chi connectivity index (χ3n) is 2.42. The van der Waals surface area contributed by atoms with E-state index in [1.165, 1.54) is 0 Å². The van der Waals surface area contributed by atoms with Gasteiger partial charge < -0.3 is 20.9 Å². The Morgan fingerprint density at radius 3 is 2.12 bits per heavy atom. The van der Waals surface area contributed by atoms with Crippen LogP contribution in [-0.2, 0) is 4.74 Å². The molecule has 0 fully saturated rings. The molecule has 0 saturated heterocycles. The van der Waals surface area contributed by atoms with Gasteiger partial charge >= 0.3 is 6.09 Å². The van der Waals surface area contributed by atoms with Crippen molar-refractivity contribution in [1.82, 2.24) is 5.32 Å². The van der Waals surface area contributed by atoms with Gasteiger partial charge in [-0.15, -0.1) is 0 Å². The highest BCUT2D eigenvalue weighted by Crippen LogP contribution is 2.17. The Hall–Kier alpha value is -0.810. The molecule has 0 radical (unpaired) electrons. The number of amides is 1. The van der Waals surface area contributed by atoms with Crippen LogP contribution >= 0.6 is 0 Å². The summed E-state index contributed by atoms with van der Waals surface area (Å²) in [6, 6.07) is -0.442. The summed E-state index contributed by atoms with van der Waals surface area (Å²) < 4.78 is 5.16. The fourth-order valence-electron chi connectivity index (χ4n) is 1.60. The standard InChI is InChI=1S/C12H26N2O3/c1-8(2)9(12(6,16)7-13)14-10(15)17-11(3,4)5/h8-9,16H,7,13H2,1-6H3,(H,14,15)/t9-,12-/m0/s1. The number of nitrogens with two attached hydrogens (primary N) is 1. The van der Waals surface area contributed by atoms with Crippen LogP contribution in [0.1, 0.15) is 41.5 Å². The normalized spacial score (nSPS) is 17.5. The lowest BCUT2D eigenvalue weighted by atomic mass is 9.88. The van der Waals surface area contributed by atoms with Gasteiger partial charge in [-0.1, -0.05) is 13.8 Å². The van der Waals surface area contributed by atoms with Crippen LogP contribution in [0, 0.1) is 5.92 Å². The second kappa shape index (κ2) is 5.69.